The second-order valence-electron chi connectivity index (χ2n) is 8.50. The van der Waals surface area contributed by atoms with Crippen molar-refractivity contribution >= 4 is 15.9 Å². The van der Waals surface area contributed by atoms with Crippen LogP contribution in [0.25, 0.3) is 0 Å². The predicted molar refractivity (Wildman–Crippen MR) is 125 cm³/mol. The summed E-state index contributed by atoms with van der Waals surface area (Å²) in [6.07, 6.45) is 0.975. The summed E-state index contributed by atoms with van der Waals surface area (Å²) in [7, 11) is -3.69. The average Bonchev–Trinajstić information content (AvgIpc) is 3.18. The molecule has 0 bridgehead atoms. The number of rotatable bonds is 7. The lowest BCUT2D eigenvalue weighted by Crippen LogP contribution is -2.44. The Morgan fingerprint density at radius 1 is 0.970 bits per heavy atom. The second kappa shape index (κ2) is 9.89. The molecule has 0 saturated carbocycles. The topological polar surface area (TPSA) is 83.7 Å². The number of amides is 1. The molecular formula is C25H29N3O4S. The molecule has 33 heavy (non-hydrogen) atoms. The molecule has 1 saturated heterocycles. The van der Waals surface area contributed by atoms with E-state index in [9.17, 15) is 13.2 Å². The molecule has 0 aliphatic carbocycles. The summed E-state index contributed by atoms with van der Waals surface area (Å²) in [6, 6.07) is 19.9. The Labute approximate surface area is 195 Å². The largest absolute Gasteiger partial charge is 0.360 e. The Hall–Kier alpha value is -2.97. The fourth-order valence-corrected chi connectivity index (χ4v) is 6.15. The van der Waals surface area contributed by atoms with Gasteiger partial charge in [-0.2, -0.15) is 4.31 Å². The zero-order valence-electron chi connectivity index (χ0n) is 19.0. The lowest BCUT2D eigenvalue weighted by atomic mass is 9.96. The highest BCUT2D eigenvalue weighted by atomic mass is 32.2. The summed E-state index contributed by atoms with van der Waals surface area (Å²) in [5.74, 6) is 0.147. The predicted octanol–water partition coefficient (Wildman–Crippen LogP) is 3.92. The monoisotopic (exact) mass is 467 g/mol. The Kier molecular flexibility index (Phi) is 6.95. The van der Waals surface area contributed by atoms with Gasteiger partial charge in [0.15, 0.2) is 5.76 Å². The van der Waals surface area contributed by atoms with Gasteiger partial charge in [-0.1, -0.05) is 65.8 Å². The van der Waals surface area contributed by atoms with Crippen molar-refractivity contribution in [3.63, 3.8) is 0 Å². The van der Waals surface area contributed by atoms with Crippen molar-refractivity contribution in [2.45, 2.75) is 44.7 Å². The standard InChI is InChI=1S/C25H29N3O4S/c1-19-24(20(2)32-26-19)33(30,31)28-15-13-23(14-16-28)25(29)27(17-21-9-5-3-6-10-21)18-22-11-7-4-8-12-22/h3-12,23H,13-18H2,1-2H3. The van der Waals surface area contributed by atoms with Crippen LogP contribution in [0.15, 0.2) is 70.1 Å². The number of aryl methyl sites for hydroxylation is 2. The van der Waals surface area contributed by atoms with Crippen LogP contribution < -0.4 is 0 Å². The molecule has 7 nitrogen and oxygen atoms in total. The van der Waals surface area contributed by atoms with E-state index in [0.29, 0.717) is 50.5 Å². The van der Waals surface area contributed by atoms with E-state index in [2.05, 4.69) is 5.16 Å². The number of benzene rings is 2. The van der Waals surface area contributed by atoms with Gasteiger partial charge in [-0.25, -0.2) is 8.42 Å². The lowest BCUT2D eigenvalue weighted by molar-refractivity contribution is -0.138. The number of carbonyl (C=O) groups excluding carboxylic acids is 1. The SMILES string of the molecule is Cc1noc(C)c1S(=O)(=O)N1CCC(C(=O)N(Cc2ccccc2)Cc2ccccc2)CC1. The van der Waals surface area contributed by atoms with E-state index in [1.54, 1.807) is 13.8 Å². The summed E-state index contributed by atoms with van der Waals surface area (Å²) < 4.78 is 32.7. The number of sulfonamides is 1. The number of carbonyl (C=O) groups is 1. The second-order valence-corrected chi connectivity index (χ2v) is 10.4. The average molecular weight is 468 g/mol. The molecule has 0 radical (unpaired) electrons. The molecule has 4 rings (SSSR count). The van der Waals surface area contributed by atoms with Crippen LogP contribution in [-0.2, 0) is 27.9 Å². The highest BCUT2D eigenvalue weighted by molar-refractivity contribution is 7.89. The highest BCUT2D eigenvalue weighted by Gasteiger charge is 2.36. The third-order valence-electron chi connectivity index (χ3n) is 6.11. The van der Waals surface area contributed by atoms with E-state index >= 15 is 0 Å². The molecule has 2 heterocycles. The molecule has 0 unspecified atom stereocenters. The molecule has 1 amide bonds. The van der Waals surface area contributed by atoms with E-state index in [1.807, 2.05) is 65.6 Å². The Morgan fingerprint density at radius 3 is 1.94 bits per heavy atom. The van der Waals surface area contributed by atoms with Crippen molar-refractivity contribution in [2.24, 2.45) is 5.92 Å². The van der Waals surface area contributed by atoms with E-state index in [-0.39, 0.29) is 16.7 Å². The quantitative estimate of drug-likeness (QED) is 0.526. The van der Waals surface area contributed by atoms with Crippen molar-refractivity contribution in [3.8, 4) is 0 Å². The van der Waals surface area contributed by atoms with Gasteiger partial charge in [0, 0.05) is 32.1 Å². The van der Waals surface area contributed by atoms with E-state index in [1.165, 1.54) is 4.31 Å². The van der Waals surface area contributed by atoms with Crippen LogP contribution in [0.1, 0.15) is 35.4 Å². The Balaban J connectivity index is 1.47. The van der Waals surface area contributed by atoms with Gasteiger partial charge in [0.25, 0.3) is 0 Å². The smallest absolute Gasteiger partial charge is 0.248 e. The number of aromatic nitrogens is 1. The maximum absolute atomic E-state index is 13.5. The Bertz CT molecular complexity index is 1120. The van der Waals surface area contributed by atoms with Crippen LogP contribution in [-0.4, -0.2) is 41.8 Å². The van der Waals surface area contributed by atoms with Gasteiger partial charge in [0.1, 0.15) is 10.6 Å². The van der Waals surface area contributed by atoms with Gasteiger partial charge in [0.05, 0.1) is 0 Å². The summed E-state index contributed by atoms with van der Waals surface area (Å²) in [6.45, 7) is 4.87. The van der Waals surface area contributed by atoms with Gasteiger partial charge < -0.3 is 9.42 Å². The van der Waals surface area contributed by atoms with Crippen molar-refractivity contribution in [2.75, 3.05) is 13.1 Å². The summed E-state index contributed by atoms with van der Waals surface area (Å²) in [4.78, 5) is 15.6. The molecule has 0 atom stereocenters. The van der Waals surface area contributed by atoms with E-state index in [0.717, 1.165) is 11.1 Å². The highest BCUT2D eigenvalue weighted by Crippen LogP contribution is 2.29. The van der Waals surface area contributed by atoms with Crippen LogP contribution >= 0.6 is 0 Å². The first-order valence-corrected chi connectivity index (χ1v) is 12.6. The van der Waals surface area contributed by atoms with Crippen LogP contribution in [0.2, 0.25) is 0 Å². The van der Waals surface area contributed by atoms with Gasteiger partial charge in [-0.15, -0.1) is 0 Å². The molecule has 1 aliphatic rings. The van der Waals surface area contributed by atoms with E-state index in [4.69, 9.17) is 4.52 Å². The van der Waals surface area contributed by atoms with Gasteiger partial charge in [-0.05, 0) is 37.8 Å². The zero-order chi connectivity index (χ0) is 23.4. The van der Waals surface area contributed by atoms with Gasteiger partial charge >= 0.3 is 0 Å². The van der Waals surface area contributed by atoms with Crippen LogP contribution in [0.4, 0.5) is 0 Å². The fraction of sp³-hybridized carbons (Fsp3) is 0.360. The minimum atomic E-state index is -3.69. The third-order valence-corrected chi connectivity index (χ3v) is 8.26. The van der Waals surface area contributed by atoms with E-state index < -0.39 is 10.0 Å². The summed E-state index contributed by atoms with van der Waals surface area (Å²) >= 11 is 0. The third kappa shape index (κ3) is 5.17. The maximum Gasteiger partial charge on any atom is 0.248 e. The molecule has 2 aromatic carbocycles. The molecule has 1 fully saturated rings. The zero-order valence-corrected chi connectivity index (χ0v) is 19.8. The first-order chi connectivity index (χ1) is 15.9. The normalized spacial score (nSPS) is 15.5. The number of hydrogen-bond acceptors (Lipinski definition) is 5. The number of hydrogen-bond donors (Lipinski definition) is 0. The molecule has 0 spiro atoms. The fourth-order valence-electron chi connectivity index (χ4n) is 4.39. The van der Waals surface area contributed by atoms with Crippen molar-refractivity contribution in [1.29, 1.82) is 0 Å². The van der Waals surface area contributed by atoms with Crippen molar-refractivity contribution in [1.82, 2.24) is 14.4 Å². The van der Waals surface area contributed by atoms with Crippen molar-refractivity contribution < 1.29 is 17.7 Å². The summed E-state index contributed by atoms with van der Waals surface area (Å²) in [5.41, 5.74) is 2.50. The molecule has 3 aromatic rings. The molecule has 1 aliphatic heterocycles. The van der Waals surface area contributed by atoms with Crippen LogP contribution in [0.3, 0.4) is 0 Å². The minimum Gasteiger partial charge on any atom is -0.360 e. The molecule has 1 aromatic heterocycles. The van der Waals surface area contributed by atoms with Crippen LogP contribution in [0.5, 0.6) is 0 Å². The number of piperidine rings is 1. The first-order valence-electron chi connectivity index (χ1n) is 11.2. The number of nitrogens with zero attached hydrogens (tertiary/aromatic N) is 3. The maximum atomic E-state index is 13.5. The summed E-state index contributed by atoms with van der Waals surface area (Å²) in [5, 5.41) is 3.78. The molecule has 8 heteroatoms. The van der Waals surface area contributed by atoms with Gasteiger partial charge in [-0.3, -0.25) is 4.79 Å². The molecular weight excluding hydrogens is 438 g/mol. The minimum absolute atomic E-state index is 0.0668. The lowest BCUT2D eigenvalue weighted by Gasteiger charge is -2.34. The van der Waals surface area contributed by atoms with Gasteiger partial charge in [0.2, 0.25) is 15.9 Å². The van der Waals surface area contributed by atoms with Crippen LogP contribution in [0, 0.1) is 19.8 Å². The first kappa shape index (κ1) is 23.2. The van der Waals surface area contributed by atoms with Crippen molar-refractivity contribution in [3.05, 3.63) is 83.2 Å². The molecule has 174 valence electrons. The molecule has 0 N–H and O–H groups in total. The Morgan fingerprint density at radius 2 is 1.48 bits per heavy atom.